The minimum absolute atomic E-state index is 0.0646. The summed E-state index contributed by atoms with van der Waals surface area (Å²) in [4.78, 5) is -0.0646. The molecule has 0 saturated carbocycles. The van der Waals surface area contributed by atoms with Crippen molar-refractivity contribution in [1.29, 1.82) is 0 Å². The van der Waals surface area contributed by atoms with Gasteiger partial charge < -0.3 is 5.32 Å². The zero-order valence-electron chi connectivity index (χ0n) is 11.6. The van der Waals surface area contributed by atoms with Crippen molar-refractivity contribution in [3.05, 3.63) is 36.4 Å². The molecule has 0 aromatic heterocycles. The highest BCUT2D eigenvalue weighted by atomic mass is 32.3. The van der Waals surface area contributed by atoms with Crippen LogP contribution in [0.15, 0.2) is 41.3 Å². The van der Waals surface area contributed by atoms with Gasteiger partial charge in [0.05, 0.1) is 11.2 Å². The number of fused-ring (bicyclic) bond motifs is 1. The largest absolute Gasteiger partial charge is 0.385 e. The molecule has 0 unspecified atom stereocenters. The maximum absolute atomic E-state index is 12.2. The number of hydrogen-bond donors (Lipinski definition) is 2. The molecule has 8 heteroatoms. The van der Waals surface area contributed by atoms with Crippen LogP contribution in [0.5, 0.6) is 0 Å². The van der Waals surface area contributed by atoms with Crippen molar-refractivity contribution in [3.8, 4) is 0 Å². The molecule has 0 bridgehead atoms. The third-order valence-electron chi connectivity index (χ3n) is 2.80. The maximum Gasteiger partial charge on any atom is 0.254 e. The summed E-state index contributed by atoms with van der Waals surface area (Å²) in [7, 11) is -8.01. The van der Waals surface area contributed by atoms with Crippen LogP contribution in [-0.2, 0) is 20.0 Å². The van der Waals surface area contributed by atoms with E-state index in [2.05, 4.69) is 5.32 Å². The van der Waals surface area contributed by atoms with E-state index in [1.54, 1.807) is 34.5 Å². The smallest absolute Gasteiger partial charge is 0.254 e. The van der Waals surface area contributed by atoms with Gasteiger partial charge in [0, 0.05) is 23.0 Å². The molecular formula is C13H16N2O4S2. The summed E-state index contributed by atoms with van der Waals surface area (Å²) in [5.41, 5.74) is 0.798. The second-order valence-electron chi connectivity index (χ2n) is 4.55. The first-order valence-electron chi connectivity index (χ1n) is 6.24. The quantitative estimate of drug-likeness (QED) is 0.868. The molecule has 0 fully saturated rings. The van der Waals surface area contributed by atoms with Gasteiger partial charge in [-0.3, -0.25) is 0 Å². The average Bonchev–Trinajstić information content (AvgIpc) is 2.36. The molecule has 2 rings (SSSR count). The Morgan fingerprint density at radius 1 is 0.952 bits per heavy atom. The summed E-state index contributed by atoms with van der Waals surface area (Å²) in [6, 6.07) is 9.96. The van der Waals surface area contributed by atoms with Crippen LogP contribution in [0.3, 0.4) is 0 Å². The first-order chi connectivity index (χ1) is 9.74. The van der Waals surface area contributed by atoms with Crippen LogP contribution in [-0.4, -0.2) is 29.6 Å². The first-order valence-corrected chi connectivity index (χ1v) is 9.61. The van der Waals surface area contributed by atoms with Crippen molar-refractivity contribution in [3.63, 3.8) is 0 Å². The van der Waals surface area contributed by atoms with E-state index < -0.39 is 20.0 Å². The van der Waals surface area contributed by atoms with Gasteiger partial charge in [-0.05, 0) is 19.1 Å². The molecule has 0 saturated heterocycles. The summed E-state index contributed by atoms with van der Waals surface area (Å²) in [5.74, 6) is 0. The Bertz CT molecular complexity index is 874. The highest BCUT2D eigenvalue weighted by molar-refractivity contribution is 8.04. The number of benzene rings is 2. The van der Waals surface area contributed by atoms with E-state index in [4.69, 9.17) is 0 Å². The Hall–Kier alpha value is -1.64. The Morgan fingerprint density at radius 2 is 1.57 bits per heavy atom. The minimum atomic E-state index is -4.14. The van der Waals surface area contributed by atoms with Crippen molar-refractivity contribution >= 4 is 36.5 Å². The van der Waals surface area contributed by atoms with Crippen molar-refractivity contribution < 1.29 is 16.8 Å². The van der Waals surface area contributed by atoms with Crippen LogP contribution in [0.4, 0.5) is 5.69 Å². The van der Waals surface area contributed by atoms with E-state index in [0.717, 1.165) is 17.3 Å². The molecule has 0 spiro atoms. The Morgan fingerprint density at radius 3 is 2.14 bits per heavy atom. The Balaban J connectivity index is 2.69. The molecule has 21 heavy (non-hydrogen) atoms. The second-order valence-corrected chi connectivity index (χ2v) is 8.20. The van der Waals surface area contributed by atoms with E-state index in [0.29, 0.717) is 11.9 Å². The molecular weight excluding hydrogens is 312 g/mol. The van der Waals surface area contributed by atoms with Crippen molar-refractivity contribution in [1.82, 2.24) is 4.13 Å². The maximum atomic E-state index is 12.2. The van der Waals surface area contributed by atoms with Gasteiger partial charge in [0.25, 0.3) is 10.0 Å². The number of hydrogen-bond acceptors (Lipinski definition) is 5. The lowest BCUT2D eigenvalue weighted by Gasteiger charge is -2.12. The van der Waals surface area contributed by atoms with E-state index in [-0.39, 0.29) is 4.90 Å². The van der Waals surface area contributed by atoms with Gasteiger partial charge in [-0.25, -0.2) is 16.8 Å². The topological polar surface area (TPSA) is 92.3 Å². The van der Waals surface area contributed by atoms with Gasteiger partial charge >= 0.3 is 0 Å². The monoisotopic (exact) mass is 328 g/mol. The summed E-state index contributed by atoms with van der Waals surface area (Å²) < 4.78 is 48.6. The first kappa shape index (κ1) is 15.7. The van der Waals surface area contributed by atoms with E-state index in [9.17, 15) is 16.8 Å². The molecule has 0 aliphatic rings. The van der Waals surface area contributed by atoms with Crippen LogP contribution in [0, 0.1) is 0 Å². The lowest BCUT2D eigenvalue weighted by molar-refractivity contribution is 0.580. The van der Waals surface area contributed by atoms with E-state index in [1.807, 2.05) is 6.92 Å². The lowest BCUT2D eigenvalue weighted by atomic mass is 10.1. The van der Waals surface area contributed by atoms with Crippen molar-refractivity contribution in [2.75, 3.05) is 18.1 Å². The molecule has 0 heterocycles. The average molecular weight is 328 g/mol. The second kappa shape index (κ2) is 5.63. The summed E-state index contributed by atoms with van der Waals surface area (Å²) in [5, 5.41) is 4.33. The zero-order chi connectivity index (χ0) is 15.7. The number of rotatable bonds is 5. The van der Waals surface area contributed by atoms with Gasteiger partial charge in [0.2, 0.25) is 10.0 Å². The Labute approximate surface area is 124 Å². The van der Waals surface area contributed by atoms with Crippen LogP contribution in [0.25, 0.3) is 10.8 Å². The highest BCUT2D eigenvalue weighted by Crippen LogP contribution is 2.29. The molecule has 0 aliphatic carbocycles. The molecule has 6 nitrogen and oxygen atoms in total. The van der Waals surface area contributed by atoms with Gasteiger partial charge in [-0.1, -0.05) is 24.3 Å². The highest BCUT2D eigenvalue weighted by Gasteiger charge is 2.22. The number of nitrogens with one attached hydrogen (secondary N) is 2. The molecule has 0 aliphatic heterocycles. The molecule has 0 radical (unpaired) electrons. The number of sulfonamides is 2. The predicted octanol–water partition coefficient (Wildman–Crippen LogP) is 1.51. The SMILES string of the molecule is CCNc1ccc(S(=O)(=O)NS(C)(=O)=O)c2ccccc12. The number of anilines is 1. The van der Waals surface area contributed by atoms with Crippen LogP contribution >= 0.6 is 0 Å². The van der Waals surface area contributed by atoms with Gasteiger partial charge in [0.1, 0.15) is 0 Å². The zero-order valence-corrected chi connectivity index (χ0v) is 13.3. The lowest BCUT2D eigenvalue weighted by Crippen LogP contribution is -2.29. The standard InChI is InChI=1S/C13H16N2O4S2/c1-3-14-12-8-9-13(11-7-5-4-6-10(11)12)21(18,19)15-20(2,16)17/h4-9,14-15H,3H2,1-2H3. The third kappa shape index (κ3) is 3.52. The Kier molecular flexibility index (Phi) is 4.22. The third-order valence-corrected chi connectivity index (χ3v) is 5.83. The van der Waals surface area contributed by atoms with Crippen LogP contribution in [0.2, 0.25) is 0 Å². The summed E-state index contributed by atoms with van der Waals surface area (Å²) in [6.07, 6.45) is 0.805. The van der Waals surface area contributed by atoms with Gasteiger partial charge in [-0.15, -0.1) is 4.13 Å². The van der Waals surface area contributed by atoms with E-state index in [1.165, 1.54) is 6.07 Å². The fourth-order valence-electron chi connectivity index (χ4n) is 2.09. The fraction of sp³-hybridized carbons (Fsp3) is 0.231. The van der Waals surface area contributed by atoms with Gasteiger partial charge in [0.15, 0.2) is 0 Å². The van der Waals surface area contributed by atoms with Crippen LogP contribution < -0.4 is 9.44 Å². The molecule has 0 amide bonds. The normalized spacial score (nSPS) is 12.5. The molecule has 0 atom stereocenters. The van der Waals surface area contributed by atoms with Crippen molar-refractivity contribution in [2.45, 2.75) is 11.8 Å². The van der Waals surface area contributed by atoms with Crippen molar-refractivity contribution in [2.24, 2.45) is 0 Å². The predicted molar refractivity (Wildman–Crippen MR) is 83.3 cm³/mol. The summed E-state index contributed by atoms with van der Waals surface area (Å²) >= 11 is 0. The molecule has 114 valence electrons. The fourth-order valence-corrected chi connectivity index (χ4v) is 4.76. The van der Waals surface area contributed by atoms with Gasteiger partial charge in [-0.2, -0.15) is 0 Å². The van der Waals surface area contributed by atoms with E-state index >= 15 is 0 Å². The minimum Gasteiger partial charge on any atom is -0.385 e. The molecule has 2 N–H and O–H groups in total. The molecule has 2 aromatic rings. The van der Waals surface area contributed by atoms with Crippen LogP contribution in [0.1, 0.15) is 6.92 Å². The molecule has 2 aromatic carbocycles. The summed E-state index contributed by atoms with van der Waals surface area (Å²) in [6.45, 7) is 2.63.